The maximum Gasteiger partial charge on any atom is 0.510 e. The molecule has 0 bridgehead atoms. The van der Waals surface area contributed by atoms with Gasteiger partial charge in [-0.1, -0.05) is 48.5 Å². The molecule has 1 aliphatic heterocycles. The first-order valence-electron chi connectivity index (χ1n) is 14.1. The number of anilines is 1. The number of carbonyl (C=O) groups excluding carboxylic acids is 2. The number of nitrogens with zero attached hydrogens (tertiary/aromatic N) is 8. The van der Waals surface area contributed by atoms with Crippen molar-refractivity contribution in [3.8, 4) is 22.5 Å². The van der Waals surface area contributed by atoms with Crippen LogP contribution in [0.15, 0.2) is 48.5 Å². The second-order valence-electron chi connectivity index (χ2n) is 9.94. The van der Waals surface area contributed by atoms with E-state index >= 15 is 0 Å². The van der Waals surface area contributed by atoms with Gasteiger partial charge in [-0.2, -0.15) is 11.8 Å². The standard InChI is InChI=1S/C29H32N8O7S/c1-19-23-11-12-26(38)35(28(23)31-20(2)30-19)17-21-7-9-22(10-8-21)24-5-3-4-6-25(24)27-32-34-36(33-27)18-43-29(39)42-13-15-45-16-14-44-37(40)41/h3-10,40-41H,11-18H2,1-2H3. The van der Waals surface area contributed by atoms with Crippen LogP contribution in [0.4, 0.5) is 10.6 Å². The first-order chi connectivity index (χ1) is 21.8. The predicted octanol–water partition coefficient (Wildman–Crippen LogP) is 3.75. The zero-order chi connectivity index (χ0) is 31.8. The van der Waals surface area contributed by atoms with E-state index in [1.54, 1.807) is 4.90 Å². The number of fused-ring (bicyclic) bond motifs is 1. The Hall–Kier alpha value is -4.48. The first-order valence-corrected chi connectivity index (χ1v) is 15.2. The molecule has 3 heterocycles. The Bertz CT molecular complexity index is 1630. The van der Waals surface area contributed by atoms with Crippen LogP contribution in [0.2, 0.25) is 0 Å². The van der Waals surface area contributed by atoms with Gasteiger partial charge in [0.15, 0.2) is 0 Å². The van der Waals surface area contributed by atoms with Gasteiger partial charge in [0.2, 0.25) is 18.5 Å². The van der Waals surface area contributed by atoms with Crippen molar-refractivity contribution in [2.45, 2.75) is 40.0 Å². The number of carbonyl (C=O) groups is 2. The molecule has 1 amide bonds. The van der Waals surface area contributed by atoms with Crippen molar-refractivity contribution < 1.29 is 34.3 Å². The molecule has 2 aromatic heterocycles. The number of benzene rings is 2. The maximum atomic E-state index is 12.9. The molecule has 2 aromatic carbocycles. The molecule has 1 aliphatic rings. The number of thioether (sulfide) groups is 1. The summed E-state index contributed by atoms with van der Waals surface area (Å²) in [6.45, 7) is 4.10. The minimum atomic E-state index is -0.879. The third kappa shape index (κ3) is 8.37. The Morgan fingerprint density at radius 3 is 2.51 bits per heavy atom. The molecule has 4 aromatic rings. The van der Waals surface area contributed by atoms with Gasteiger partial charge in [-0.3, -0.25) is 20.1 Å². The zero-order valence-corrected chi connectivity index (χ0v) is 25.5. The quantitative estimate of drug-likeness (QED) is 0.123. The molecule has 0 atom stereocenters. The summed E-state index contributed by atoms with van der Waals surface area (Å²) >= 11 is 1.39. The largest absolute Gasteiger partial charge is 0.510 e. The van der Waals surface area contributed by atoms with Crippen LogP contribution in [0.5, 0.6) is 0 Å². The van der Waals surface area contributed by atoms with Gasteiger partial charge in [0, 0.05) is 34.7 Å². The van der Waals surface area contributed by atoms with Gasteiger partial charge in [0.05, 0.1) is 18.5 Å². The first kappa shape index (κ1) is 31.9. The summed E-state index contributed by atoms with van der Waals surface area (Å²) in [5.41, 5.74) is 5.45. The van der Waals surface area contributed by atoms with Gasteiger partial charge < -0.3 is 9.47 Å². The molecule has 0 aliphatic carbocycles. The number of aryl methyl sites for hydroxylation is 2. The highest BCUT2D eigenvalue weighted by atomic mass is 32.2. The van der Waals surface area contributed by atoms with Crippen LogP contribution in [-0.2, 0) is 38.8 Å². The van der Waals surface area contributed by atoms with E-state index in [-0.39, 0.29) is 31.2 Å². The van der Waals surface area contributed by atoms with E-state index in [0.29, 0.717) is 48.4 Å². The van der Waals surface area contributed by atoms with Crippen molar-refractivity contribution in [1.29, 1.82) is 0 Å². The van der Waals surface area contributed by atoms with E-state index in [2.05, 4.69) is 30.2 Å². The third-order valence-corrected chi connectivity index (χ3v) is 7.77. The van der Waals surface area contributed by atoms with Crippen molar-refractivity contribution in [3.63, 3.8) is 0 Å². The summed E-state index contributed by atoms with van der Waals surface area (Å²) in [6.07, 6.45) is 0.201. The number of hydrogen-bond acceptors (Lipinski definition) is 14. The lowest BCUT2D eigenvalue weighted by atomic mass is 9.98. The smallest absolute Gasteiger partial charge is 0.433 e. The molecule has 15 nitrogen and oxygen atoms in total. The number of rotatable bonds is 13. The Kier molecular flexibility index (Phi) is 10.6. The van der Waals surface area contributed by atoms with Gasteiger partial charge >= 0.3 is 6.16 Å². The fourth-order valence-electron chi connectivity index (χ4n) is 4.81. The Morgan fingerprint density at radius 2 is 1.73 bits per heavy atom. The molecule has 0 saturated carbocycles. The lowest BCUT2D eigenvalue weighted by Crippen LogP contribution is -2.36. The highest BCUT2D eigenvalue weighted by molar-refractivity contribution is 7.99. The van der Waals surface area contributed by atoms with Gasteiger partial charge in [0.1, 0.15) is 18.2 Å². The third-order valence-electron chi connectivity index (χ3n) is 6.86. The Balaban J connectivity index is 1.18. The van der Waals surface area contributed by atoms with Crippen LogP contribution in [0.3, 0.4) is 0 Å². The summed E-state index contributed by atoms with van der Waals surface area (Å²) < 4.78 is 10.1. The molecule has 0 radical (unpaired) electrons. The summed E-state index contributed by atoms with van der Waals surface area (Å²) in [5, 5.41) is 29.1. The monoisotopic (exact) mass is 636 g/mol. The second kappa shape index (κ2) is 15.0. The van der Waals surface area contributed by atoms with E-state index in [1.807, 2.05) is 62.4 Å². The number of hydrogen-bond donors (Lipinski definition) is 2. The number of aromatic nitrogens is 6. The molecule has 5 rings (SSSR count). The van der Waals surface area contributed by atoms with Crippen molar-refractivity contribution in [2.24, 2.45) is 0 Å². The van der Waals surface area contributed by atoms with E-state index in [0.717, 1.165) is 38.3 Å². The normalized spacial score (nSPS) is 12.8. The number of ether oxygens (including phenoxy) is 2. The molecule has 0 spiro atoms. The highest BCUT2D eigenvalue weighted by Gasteiger charge is 2.27. The van der Waals surface area contributed by atoms with Gasteiger partial charge in [-0.15, -0.1) is 15.0 Å². The fourth-order valence-corrected chi connectivity index (χ4v) is 5.40. The van der Waals surface area contributed by atoms with E-state index in [9.17, 15) is 9.59 Å². The van der Waals surface area contributed by atoms with Crippen molar-refractivity contribution >= 4 is 29.6 Å². The predicted molar refractivity (Wildman–Crippen MR) is 161 cm³/mol. The minimum Gasteiger partial charge on any atom is -0.433 e. The molecule has 16 heteroatoms. The van der Waals surface area contributed by atoms with Crippen LogP contribution in [0.1, 0.15) is 29.1 Å². The average Bonchev–Trinajstić information content (AvgIpc) is 3.50. The van der Waals surface area contributed by atoms with E-state index < -0.39 is 6.16 Å². The minimum absolute atomic E-state index is 0.0431. The van der Waals surface area contributed by atoms with Crippen LogP contribution in [-0.4, -0.2) is 82.8 Å². The van der Waals surface area contributed by atoms with E-state index in [1.165, 1.54) is 11.8 Å². The summed E-state index contributed by atoms with van der Waals surface area (Å²) in [6, 6.07) is 15.6. The highest BCUT2D eigenvalue weighted by Crippen LogP contribution is 2.32. The molecule has 45 heavy (non-hydrogen) atoms. The Labute approximate surface area is 262 Å². The second-order valence-corrected chi connectivity index (χ2v) is 11.2. The summed E-state index contributed by atoms with van der Waals surface area (Å²) in [5.74, 6) is 2.67. The van der Waals surface area contributed by atoms with Crippen LogP contribution >= 0.6 is 11.8 Å². The van der Waals surface area contributed by atoms with Gasteiger partial charge in [0.25, 0.3) is 0 Å². The van der Waals surface area contributed by atoms with Crippen LogP contribution in [0, 0.1) is 13.8 Å². The summed E-state index contributed by atoms with van der Waals surface area (Å²) in [4.78, 5) is 41.1. The summed E-state index contributed by atoms with van der Waals surface area (Å²) in [7, 11) is 0. The Morgan fingerprint density at radius 1 is 0.978 bits per heavy atom. The van der Waals surface area contributed by atoms with Gasteiger partial charge in [-0.25, -0.2) is 19.6 Å². The van der Waals surface area contributed by atoms with E-state index in [4.69, 9.17) is 19.9 Å². The number of tetrazole rings is 1. The zero-order valence-electron chi connectivity index (χ0n) is 24.7. The lowest BCUT2D eigenvalue weighted by Gasteiger charge is -2.29. The van der Waals surface area contributed by atoms with Crippen molar-refractivity contribution in [1.82, 2.24) is 35.6 Å². The average molecular weight is 637 g/mol. The topological polar surface area (TPSA) is 178 Å². The van der Waals surface area contributed by atoms with Crippen molar-refractivity contribution in [3.05, 3.63) is 71.2 Å². The van der Waals surface area contributed by atoms with Crippen LogP contribution in [0.25, 0.3) is 22.5 Å². The molecule has 236 valence electrons. The van der Waals surface area contributed by atoms with Crippen LogP contribution < -0.4 is 4.90 Å². The molecule has 0 unspecified atom stereocenters. The molecular weight excluding hydrogens is 604 g/mol. The van der Waals surface area contributed by atoms with Gasteiger partial charge in [-0.05, 0) is 42.2 Å². The lowest BCUT2D eigenvalue weighted by molar-refractivity contribution is -0.490. The molecule has 0 fully saturated rings. The molecule has 2 N–H and O–H groups in total. The number of amides is 1. The van der Waals surface area contributed by atoms with Crippen molar-refractivity contribution in [2.75, 3.05) is 29.6 Å². The fraction of sp³-hybridized carbons (Fsp3) is 0.345. The maximum absolute atomic E-state index is 12.9. The molecular formula is C29H32N8O7S. The molecule has 0 saturated heterocycles. The SMILES string of the molecule is Cc1nc(C)c2c(n1)N(Cc1ccc(-c3ccccc3-c3nnn(COC(=O)OCCSCCON(O)O)n3)cc1)C(=O)CC2.